The Balaban J connectivity index is 2.17. The predicted molar refractivity (Wildman–Crippen MR) is 75.4 cm³/mol. The lowest BCUT2D eigenvalue weighted by Crippen LogP contribution is -2.25. The van der Waals surface area contributed by atoms with E-state index in [1.54, 1.807) is 12.3 Å². The largest absolute Gasteiger partial charge is 0.349 e. The molecule has 1 heterocycles. The van der Waals surface area contributed by atoms with Crippen LogP contribution in [0, 0.1) is 0 Å². The van der Waals surface area contributed by atoms with Crippen molar-refractivity contribution in [3.8, 4) is 0 Å². The summed E-state index contributed by atoms with van der Waals surface area (Å²) in [6, 6.07) is 2.29. The van der Waals surface area contributed by atoms with E-state index in [0.29, 0.717) is 17.5 Å². The number of nitrogens with one attached hydrogen (secondary N) is 2. The highest BCUT2D eigenvalue weighted by atomic mass is 32.2. The van der Waals surface area contributed by atoms with E-state index in [1.807, 2.05) is 11.5 Å². The molecule has 108 valence electrons. The predicted octanol–water partition coefficient (Wildman–Crippen LogP) is 1.45. The van der Waals surface area contributed by atoms with Gasteiger partial charge in [-0.2, -0.15) is 0 Å². The number of nitrogens with zero attached hydrogens (tertiary/aromatic N) is 1. The molecule has 0 aliphatic heterocycles. The zero-order valence-corrected chi connectivity index (χ0v) is 12.6. The van der Waals surface area contributed by atoms with Crippen LogP contribution in [0.15, 0.2) is 17.2 Å². The monoisotopic (exact) mass is 285 g/mol. The molecular weight excluding hydrogens is 262 g/mol. The first-order chi connectivity index (χ1) is 8.92. The SMILES string of the molecule is CCn1cc(S(=O)(=O)NC2CC2)cc1CNC(C)C. The van der Waals surface area contributed by atoms with Gasteiger partial charge in [-0.3, -0.25) is 0 Å². The summed E-state index contributed by atoms with van der Waals surface area (Å²) in [4.78, 5) is 0.377. The maximum Gasteiger partial charge on any atom is 0.242 e. The van der Waals surface area contributed by atoms with Crippen molar-refractivity contribution in [2.24, 2.45) is 0 Å². The molecule has 2 rings (SSSR count). The molecule has 0 spiro atoms. The summed E-state index contributed by atoms with van der Waals surface area (Å²) in [6.45, 7) is 7.62. The molecule has 1 aromatic rings. The van der Waals surface area contributed by atoms with E-state index in [9.17, 15) is 8.42 Å². The van der Waals surface area contributed by atoms with Crippen LogP contribution in [0.4, 0.5) is 0 Å². The van der Waals surface area contributed by atoms with Crippen molar-refractivity contribution in [2.45, 2.75) is 63.7 Å². The van der Waals surface area contributed by atoms with E-state index in [-0.39, 0.29) is 6.04 Å². The van der Waals surface area contributed by atoms with Crippen molar-refractivity contribution >= 4 is 10.0 Å². The lowest BCUT2D eigenvalue weighted by atomic mass is 10.3. The third-order valence-electron chi connectivity index (χ3n) is 3.20. The Hall–Kier alpha value is -0.850. The van der Waals surface area contributed by atoms with Gasteiger partial charge >= 0.3 is 0 Å². The molecule has 0 saturated heterocycles. The highest BCUT2D eigenvalue weighted by Gasteiger charge is 2.28. The molecule has 0 amide bonds. The first-order valence-corrected chi connectivity index (χ1v) is 8.35. The van der Waals surface area contributed by atoms with E-state index in [4.69, 9.17) is 0 Å². The fourth-order valence-corrected chi connectivity index (χ4v) is 3.28. The topological polar surface area (TPSA) is 63.1 Å². The lowest BCUT2D eigenvalue weighted by molar-refractivity contribution is 0.561. The molecule has 1 saturated carbocycles. The summed E-state index contributed by atoms with van der Waals surface area (Å²) >= 11 is 0. The Labute approximate surface area is 115 Å². The Morgan fingerprint density at radius 3 is 2.63 bits per heavy atom. The molecule has 0 unspecified atom stereocenters. The Morgan fingerprint density at radius 2 is 2.11 bits per heavy atom. The van der Waals surface area contributed by atoms with Crippen molar-refractivity contribution in [3.05, 3.63) is 18.0 Å². The fourth-order valence-electron chi connectivity index (χ4n) is 1.91. The molecule has 1 aliphatic rings. The highest BCUT2D eigenvalue weighted by molar-refractivity contribution is 7.89. The van der Waals surface area contributed by atoms with Gasteiger partial charge in [-0.1, -0.05) is 13.8 Å². The minimum Gasteiger partial charge on any atom is -0.349 e. The van der Waals surface area contributed by atoms with Gasteiger partial charge in [0, 0.05) is 37.1 Å². The van der Waals surface area contributed by atoms with Gasteiger partial charge in [-0.05, 0) is 25.8 Å². The van der Waals surface area contributed by atoms with Crippen LogP contribution in [0.2, 0.25) is 0 Å². The summed E-state index contributed by atoms with van der Waals surface area (Å²) in [7, 11) is -3.35. The Morgan fingerprint density at radius 1 is 1.42 bits per heavy atom. The number of rotatable bonds is 7. The average molecular weight is 285 g/mol. The van der Waals surface area contributed by atoms with Crippen LogP contribution in [0.3, 0.4) is 0 Å². The number of hydrogen-bond donors (Lipinski definition) is 2. The molecule has 19 heavy (non-hydrogen) atoms. The van der Waals surface area contributed by atoms with Gasteiger partial charge in [-0.25, -0.2) is 13.1 Å². The summed E-state index contributed by atoms with van der Waals surface area (Å²) < 4.78 is 29.0. The van der Waals surface area contributed by atoms with Crippen LogP contribution in [0.25, 0.3) is 0 Å². The summed E-state index contributed by atoms with van der Waals surface area (Å²) in [5, 5.41) is 3.32. The minimum atomic E-state index is -3.35. The first-order valence-electron chi connectivity index (χ1n) is 6.87. The van der Waals surface area contributed by atoms with Crippen LogP contribution in [0.5, 0.6) is 0 Å². The lowest BCUT2D eigenvalue weighted by Gasteiger charge is -2.09. The van der Waals surface area contributed by atoms with E-state index in [2.05, 4.69) is 23.9 Å². The van der Waals surface area contributed by atoms with Crippen molar-refractivity contribution in [3.63, 3.8) is 0 Å². The molecule has 2 N–H and O–H groups in total. The smallest absolute Gasteiger partial charge is 0.242 e. The molecule has 1 aliphatic carbocycles. The average Bonchev–Trinajstić information content (AvgIpc) is 3.02. The Kier molecular flexibility index (Phi) is 4.32. The molecule has 1 fully saturated rings. The first kappa shape index (κ1) is 14.6. The number of sulfonamides is 1. The molecule has 1 aromatic heterocycles. The summed E-state index contributed by atoms with van der Waals surface area (Å²) in [5.74, 6) is 0. The molecule has 5 nitrogen and oxygen atoms in total. The molecule has 0 aromatic carbocycles. The quantitative estimate of drug-likeness (QED) is 0.797. The molecule has 0 radical (unpaired) electrons. The maximum atomic E-state index is 12.2. The fraction of sp³-hybridized carbons (Fsp3) is 0.692. The van der Waals surface area contributed by atoms with E-state index >= 15 is 0 Å². The van der Waals surface area contributed by atoms with Crippen molar-refractivity contribution < 1.29 is 8.42 Å². The number of hydrogen-bond acceptors (Lipinski definition) is 3. The van der Waals surface area contributed by atoms with Crippen LogP contribution in [0.1, 0.15) is 39.3 Å². The van der Waals surface area contributed by atoms with Gasteiger partial charge in [0.1, 0.15) is 0 Å². The second kappa shape index (κ2) is 5.64. The highest BCUT2D eigenvalue weighted by Crippen LogP contribution is 2.23. The molecule has 0 atom stereocenters. The molecule has 0 bridgehead atoms. The third kappa shape index (κ3) is 3.81. The van der Waals surface area contributed by atoms with Crippen LogP contribution in [-0.4, -0.2) is 25.1 Å². The van der Waals surface area contributed by atoms with E-state index in [0.717, 1.165) is 25.1 Å². The maximum absolute atomic E-state index is 12.2. The zero-order chi connectivity index (χ0) is 14.0. The van der Waals surface area contributed by atoms with Gasteiger partial charge in [0.15, 0.2) is 0 Å². The van der Waals surface area contributed by atoms with Crippen molar-refractivity contribution in [2.75, 3.05) is 0 Å². The molecule has 6 heteroatoms. The van der Waals surface area contributed by atoms with Crippen LogP contribution >= 0.6 is 0 Å². The summed E-state index contributed by atoms with van der Waals surface area (Å²) in [6.07, 6.45) is 3.63. The van der Waals surface area contributed by atoms with E-state index < -0.39 is 10.0 Å². The van der Waals surface area contributed by atoms with Gasteiger partial charge in [0.25, 0.3) is 0 Å². The van der Waals surface area contributed by atoms with Crippen LogP contribution < -0.4 is 10.0 Å². The number of aromatic nitrogens is 1. The minimum absolute atomic E-state index is 0.146. The van der Waals surface area contributed by atoms with Gasteiger partial charge in [-0.15, -0.1) is 0 Å². The zero-order valence-electron chi connectivity index (χ0n) is 11.8. The standard InChI is InChI=1S/C13H23N3O2S/c1-4-16-9-13(7-12(16)8-14-10(2)3)19(17,18)15-11-5-6-11/h7,9-11,14-15H,4-6,8H2,1-3H3. The van der Waals surface area contributed by atoms with Crippen LogP contribution in [-0.2, 0) is 23.1 Å². The number of aryl methyl sites for hydroxylation is 1. The Bertz CT molecular complexity index is 530. The van der Waals surface area contributed by atoms with Gasteiger partial charge in [0.05, 0.1) is 4.90 Å². The van der Waals surface area contributed by atoms with Gasteiger partial charge in [0.2, 0.25) is 10.0 Å². The molecular formula is C13H23N3O2S. The second-order valence-corrected chi connectivity index (χ2v) is 7.10. The van der Waals surface area contributed by atoms with Crippen molar-refractivity contribution in [1.29, 1.82) is 0 Å². The van der Waals surface area contributed by atoms with Gasteiger partial charge < -0.3 is 9.88 Å². The summed E-state index contributed by atoms with van der Waals surface area (Å²) in [5.41, 5.74) is 1.01. The normalized spacial score (nSPS) is 16.2. The third-order valence-corrected chi connectivity index (χ3v) is 4.69. The van der Waals surface area contributed by atoms with Crippen molar-refractivity contribution in [1.82, 2.24) is 14.6 Å². The second-order valence-electron chi connectivity index (χ2n) is 5.38. The van der Waals surface area contributed by atoms with E-state index in [1.165, 1.54) is 0 Å².